The van der Waals surface area contributed by atoms with Gasteiger partial charge < -0.3 is 10.2 Å². The predicted molar refractivity (Wildman–Crippen MR) is 117 cm³/mol. The second-order valence-corrected chi connectivity index (χ2v) is 7.80. The predicted octanol–water partition coefficient (Wildman–Crippen LogP) is 5.78. The maximum Gasteiger partial charge on any atom is 0.335 e. The Morgan fingerprint density at radius 1 is 0.633 bits per heavy atom. The van der Waals surface area contributed by atoms with Gasteiger partial charge in [-0.05, 0) is 59.1 Å². The summed E-state index contributed by atoms with van der Waals surface area (Å²) in [6, 6.07) is 22.6. The Bertz CT molecular complexity index is 952. The highest BCUT2D eigenvalue weighted by Gasteiger charge is 2.16. The normalized spacial score (nSPS) is 12.9. The quantitative estimate of drug-likeness (QED) is 0.501. The summed E-state index contributed by atoms with van der Waals surface area (Å²) in [6.07, 6.45) is 1.31. The van der Waals surface area contributed by atoms with Crippen LogP contribution in [0.3, 0.4) is 0 Å². The molecular formula is C26H26O4. The van der Waals surface area contributed by atoms with Crippen molar-refractivity contribution in [2.45, 2.75) is 38.5 Å². The van der Waals surface area contributed by atoms with E-state index in [4.69, 9.17) is 0 Å². The minimum absolute atomic E-state index is 0.183. The molecule has 0 bridgehead atoms. The van der Waals surface area contributed by atoms with Gasteiger partial charge in [-0.3, -0.25) is 0 Å². The molecule has 0 fully saturated rings. The minimum Gasteiger partial charge on any atom is -0.478 e. The third kappa shape index (κ3) is 4.95. The Labute approximate surface area is 176 Å². The van der Waals surface area contributed by atoms with Gasteiger partial charge in [-0.2, -0.15) is 0 Å². The zero-order chi connectivity index (χ0) is 21.7. The van der Waals surface area contributed by atoms with Crippen molar-refractivity contribution in [3.63, 3.8) is 0 Å². The molecule has 154 valence electrons. The van der Waals surface area contributed by atoms with Gasteiger partial charge in [0.2, 0.25) is 0 Å². The zero-order valence-electron chi connectivity index (χ0n) is 17.2. The fraction of sp³-hybridized carbons (Fsp3) is 0.231. The number of rotatable bonds is 8. The molecule has 0 saturated carbocycles. The van der Waals surface area contributed by atoms with Crippen LogP contribution in [0.2, 0.25) is 0 Å². The molecule has 3 rings (SSSR count). The van der Waals surface area contributed by atoms with Crippen LogP contribution < -0.4 is 0 Å². The zero-order valence-corrected chi connectivity index (χ0v) is 17.2. The van der Waals surface area contributed by atoms with Crippen molar-refractivity contribution in [1.29, 1.82) is 0 Å². The van der Waals surface area contributed by atoms with Crippen LogP contribution in [0.25, 0.3) is 0 Å². The van der Waals surface area contributed by atoms with Gasteiger partial charge in [0.25, 0.3) is 0 Å². The fourth-order valence-corrected chi connectivity index (χ4v) is 3.86. The molecule has 0 aliphatic heterocycles. The molecule has 2 atom stereocenters. The molecule has 0 spiro atoms. The Morgan fingerprint density at radius 2 is 0.967 bits per heavy atom. The number of hydrogen-bond donors (Lipinski definition) is 2. The second kappa shape index (κ2) is 9.40. The monoisotopic (exact) mass is 402 g/mol. The van der Waals surface area contributed by atoms with Crippen molar-refractivity contribution in [2.24, 2.45) is 0 Å². The topological polar surface area (TPSA) is 74.6 Å². The lowest BCUT2D eigenvalue weighted by molar-refractivity contribution is 0.0684. The largest absolute Gasteiger partial charge is 0.478 e. The van der Waals surface area contributed by atoms with E-state index in [1.807, 2.05) is 24.3 Å². The lowest BCUT2D eigenvalue weighted by Crippen LogP contribution is -2.07. The van der Waals surface area contributed by atoms with Gasteiger partial charge in [0.1, 0.15) is 0 Å². The first kappa shape index (κ1) is 21.3. The lowest BCUT2D eigenvalue weighted by Gasteiger charge is -2.17. The van der Waals surface area contributed by atoms with Gasteiger partial charge in [0.05, 0.1) is 11.1 Å². The van der Waals surface area contributed by atoms with E-state index in [0.29, 0.717) is 24.0 Å². The maximum absolute atomic E-state index is 11.4. The van der Waals surface area contributed by atoms with Crippen LogP contribution >= 0.6 is 0 Å². The standard InChI is InChI=1S/C26H26O4/c1-17(15-21-7-3-5-9-23(21)25(27)28)19-11-13-20(14-12-19)18(2)16-22-8-4-6-10-24(22)26(29)30/h3-14,17-18H,15-16H2,1-2H3,(H,27,28)(H,29,30). The van der Waals surface area contributed by atoms with Gasteiger partial charge in [-0.15, -0.1) is 0 Å². The molecule has 0 heterocycles. The van der Waals surface area contributed by atoms with Crippen LogP contribution in [0.4, 0.5) is 0 Å². The number of carboxylic acid groups (broad SMARTS) is 2. The van der Waals surface area contributed by atoms with E-state index in [9.17, 15) is 19.8 Å². The van der Waals surface area contributed by atoms with Crippen molar-refractivity contribution in [2.75, 3.05) is 0 Å². The van der Waals surface area contributed by atoms with Gasteiger partial charge >= 0.3 is 11.9 Å². The van der Waals surface area contributed by atoms with Crippen molar-refractivity contribution in [3.8, 4) is 0 Å². The Kier molecular flexibility index (Phi) is 6.68. The highest BCUT2D eigenvalue weighted by atomic mass is 16.4. The van der Waals surface area contributed by atoms with Crippen molar-refractivity contribution in [3.05, 3.63) is 106 Å². The highest BCUT2D eigenvalue weighted by Crippen LogP contribution is 2.27. The van der Waals surface area contributed by atoms with Crippen LogP contribution in [0, 0.1) is 0 Å². The van der Waals surface area contributed by atoms with Gasteiger partial charge in [-0.25, -0.2) is 9.59 Å². The molecule has 0 amide bonds. The van der Waals surface area contributed by atoms with Gasteiger partial charge in [-0.1, -0.05) is 74.5 Å². The SMILES string of the molecule is CC(Cc1ccccc1C(=O)O)c1ccc(C(C)Cc2ccccc2C(=O)O)cc1. The van der Waals surface area contributed by atoms with Gasteiger partial charge in [0, 0.05) is 0 Å². The lowest BCUT2D eigenvalue weighted by atomic mass is 9.88. The summed E-state index contributed by atoms with van der Waals surface area (Å²) in [5.74, 6) is -1.43. The van der Waals surface area contributed by atoms with Crippen molar-refractivity contribution in [1.82, 2.24) is 0 Å². The molecule has 0 saturated heterocycles. The fourth-order valence-electron chi connectivity index (χ4n) is 3.86. The third-order valence-corrected chi connectivity index (χ3v) is 5.62. The van der Waals surface area contributed by atoms with E-state index in [-0.39, 0.29) is 11.8 Å². The van der Waals surface area contributed by atoms with Crippen LogP contribution in [0.5, 0.6) is 0 Å². The molecule has 0 radical (unpaired) electrons. The average Bonchev–Trinajstić information content (AvgIpc) is 2.74. The second-order valence-electron chi connectivity index (χ2n) is 7.80. The highest BCUT2D eigenvalue weighted by molar-refractivity contribution is 5.89. The number of carboxylic acids is 2. The summed E-state index contributed by atoms with van der Waals surface area (Å²) >= 11 is 0. The molecule has 2 unspecified atom stereocenters. The molecule has 3 aromatic rings. The number of hydrogen-bond acceptors (Lipinski definition) is 2. The average molecular weight is 402 g/mol. The summed E-state index contributed by atoms with van der Waals surface area (Å²) in [7, 11) is 0. The smallest absolute Gasteiger partial charge is 0.335 e. The molecule has 4 heteroatoms. The maximum atomic E-state index is 11.4. The van der Waals surface area contributed by atoms with Crippen LogP contribution in [0.1, 0.15) is 68.7 Å². The van der Waals surface area contributed by atoms with Crippen molar-refractivity contribution < 1.29 is 19.8 Å². The molecule has 4 nitrogen and oxygen atoms in total. The Morgan fingerprint density at radius 3 is 1.30 bits per heavy atom. The van der Waals surface area contributed by atoms with E-state index >= 15 is 0 Å². The third-order valence-electron chi connectivity index (χ3n) is 5.62. The van der Waals surface area contributed by atoms with Crippen LogP contribution in [0.15, 0.2) is 72.8 Å². The summed E-state index contributed by atoms with van der Waals surface area (Å²) in [5, 5.41) is 18.8. The molecule has 30 heavy (non-hydrogen) atoms. The first-order valence-corrected chi connectivity index (χ1v) is 10.1. The number of benzene rings is 3. The molecule has 3 aromatic carbocycles. The first-order chi connectivity index (χ1) is 14.4. The Hall–Kier alpha value is -3.40. The van der Waals surface area contributed by atoms with E-state index in [1.165, 1.54) is 0 Å². The summed E-state index contributed by atoms with van der Waals surface area (Å²) in [5.41, 5.74) is 4.67. The Balaban J connectivity index is 1.72. The van der Waals surface area contributed by atoms with Crippen LogP contribution in [-0.4, -0.2) is 22.2 Å². The summed E-state index contributed by atoms with van der Waals surface area (Å²) in [6.45, 7) is 4.19. The van der Waals surface area contributed by atoms with E-state index in [2.05, 4.69) is 38.1 Å². The molecule has 0 aromatic heterocycles. The number of aromatic carboxylic acids is 2. The molecule has 2 N–H and O–H groups in total. The number of carbonyl (C=O) groups is 2. The molecular weight excluding hydrogens is 376 g/mol. The van der Waals surface area contributed by atoms with E-state index < -0.39 is 11.9 Å². The summed E-state index contributed by atoms with van der Waals surface area (Å²) in [4.78, 5) is 22.9. The molecule has 0 aliphatic rings. The molecule has 0 aliphatic carbocycles. The van der Waals surface area contributed by atoms with Crippen LogP contribution in [-0.2, 0) is 12.8 Å². The summed E-state index contributed by atoms with van der Waals surface area (Å²) < 4.78 is 0. The van der Waals surface area contributed by atoms with Gasteiger partial charge in [0.15, 0.2) is 0 Å². The minimum atomic E-state index is -0.899. The van der Waals surface area contributed by atoms with E-state index in [1.54, 1.807) is 24.3 Å². The first-order valence-electron chi connectivity index (χ1n) is 10.1. The van der Waals surface area contributed by atoms with E-state index in [0.717, 1.165) is 22.3 Å². The van der Waals surface area contributed by atoms with Crippen molar-refractivity contribution >= 4 is 11.9 Å².